The third-order valence-electron chi connectivity index (χ3n) is 6.05. The van der Waals surface area contributed by atoms with Gasteiger partial charge in [0.15, 0.2) is 0 Å². The highest BCUT2D eigenvalue weighted by Crippen LogP contribution is 2.34. The summed E-state index contributed by atoms with van der Waals surface area (Å²) in [4.78, 5) is 64.1. The molecule has 0 saturated carbocycles. The molecule has 3 rings (SSSR count). The van der Waals surface area contributed by atoms with Crippen LogP contribution in [0.25, 0.3) is 0 Å². The smallest absolute Gasteiger partial charge is 0.342 e. The SMILES string of the molecule is C[C@H](N)C(=O)N[C@@H](C)C(=O)N1CCC[C@]1(C(=O)Nc1ccc([N+](=O)[O-])cc1)C(=O)OCc1ccccc1. The van der Waals surface area contributed by atoms with Crippen LogP contribution >= 0.6 is 0 Å². The zero-order chi connectivity index (χ0) is 27.2. The van der Waals surface area contributed by atoms with E-state index in [0.29, 0.717) is 12.0 Å². The molecular formula is C25H29N5O7. The highest BCUT2D eigenvalue weighted by molar-refractivity contribution is 6.15. The summed E-state index contributed by atoms with van der Waals surface area (Å²) in [6.07, 6.45) is 0.312. The summed E-state index contributed by atoms with van der Waals surface area (Å²) >= 11 is 0. The molecule has 3 amide bonds. The van der Waals surface area contributed by atoms with Gasteiger partial charge in [-0.25, -0.2) is 4.79 Å². The van der Waals surface area contributed by atoms with E-state index in [4.69, 9.17) is 10.5 Å². The first kappa shape index (κ1) is 27.3. The van der Waals surface area contributed by atoms with Crippen molar-refractivity contribution in [2.24, 2.45) is 5.73 Å². The van der Waals surface area contributed by atoms with E-state index >= 15 is 0 Å². The molecule has 12 heteroatoms. The highest BCUT2D eigenvalue weighted by Gasteiger charge is 2.57. The molecule has 3 atom stereocenters. The Morgan fingerprint density at radius 3 is 2.35 bits per heavy atom. The molecule has 37 heavy (non-hydrogen) atoms. The summed E-state index contributed by atoms with van der Waals surface area (Å²) in [6, 6.07) is 12.0. The summed E-state index contributed by atoms with van der Waals surface area (Å²) in [5.74, 6) is -2.96. The van der Waals surface area contributed by atoms with Gasteiger partial charge >= 0.3 is 5.97 Å². The Labute approximate surface area is 213 Å². The predicted molar refractivity (Wildman–Crippen MR) is 133 cm³/mol. The van der Waals surface area contributed by atoms with Crippen molar-refractivity contribution < 1.29 is 28.8 Å². The topological polar surface area (TPSA) is 174 Å². The molecule has 4 N–H and O–H groups in total. The molecule has 0 aliphatic carbocycles. The van der Waals surface area contributed by atoms with Crippen molar-refractivity contribution in [1.29, 1.82) is 0 Å². The minimum absolute atomic E-state index is 0.0147. The second-order valence-corrected chi connectivity index (χ2v) is 8.79. The van der Waals surface area contributed by atoms with Crippen LogP contribution < -0.4 is 16.4 Å². The molecule has 1 heterocycles. The Morgan fingerprint density at radius 2 is 1.76 bits per heavy atom. The molecule has 0 aromatic heterocycles. The van der Waals surface area contributed by atoms with E-state index in [1.165, 1.54) is 38.1 Å². The van der Waals surface area contributed by atoms with Gasteiger partial charge in [-0.1, -0.05) is 30.3 Å². The lowest BCUT2D eigenvalue weighted by Gasteiger charge is -2.36. The zero-order valence-corrected chi connectivity index (χ0v) is 20.5. The van der Waals surface area contributed by atoms with Crippen LogP contribution in [0.4, 0.5) is 11.4 Å². The van der Waals surface area contributed by atoms with Crippen molar-refractivity contribution in [1.82, 2.24) is 10.2 Å². The number of nitro benzene ring substituents is 1. The van der Waals surface area contributed by atoms with Gasteiger partial charge in [0.2, 0.25) is 17.4 Å². The van der Waals surface area contributed by atoms with Crippen LogP contribution in [0.1, 0.15) is 32.3 Å². The molecule has 196 valence electrons. The van der Waals surface area contributed by atoms with Crippen LogP contribution in [0, 0.1) is 10.1 Å². The van der Waals surface area contributed by atoms with Crippen molar-refractivity contribution in [3.63, 3.8) is 0 Å². The Hall–Kier alpha value is -4.32. The van der Waals surface area contributed by atoms with Crippen molar-refractivity contribution in [3.05, 3.63) is 70.3 Å². The average molecular weight is 512 g/mol. The number of anilines is 1. The molecule has 0 radical (unpaired) electrons. The summed E-state index contributed by atoms with van der Waals surface area (Å²) in [7, 11) is 0. The molecular weight excluding hydrogens is 482 g/mol. The van der Waals surface area contributed by atoms with Gasteiger partial charge in [0.05, 0.1) is 11.0 Å². The molecule has 0 bridgehead atoms. The summed E-state index contributed by atoms with van der Waals surface area (Å²) in [6.45, 7) is 2.86. The average Bonchev–Trinajstić information content (AvgIpc) is 3.34. The lowest BCUT2D eigenvalue weighted by molar-refractivity contribution is -0.384. The highest BCUT2D eigenvalue weighted by atomic mass is 16.6. The van der Waals surface area contributed by atoms with Gasteiger partial charge in [-0.3, -0.25) is 24.5 Å². The van der Waals surface area contributed by atoms with Gasteiger partial charge in [-0.2, -0.15) is 0 Å². The fraction of sp³-hybridized carbons (Fsp3) is 0.360. The number of rotatable bonds is 9. The molecule has 1 fully saturated rings. The third-order valence-corrected chi connectivity index (χ3v) is 6.05. The summed E-state index contributed by atoms with van der Waals surface area (Å²) in [5, 5.41) is 16.0. The number of esters is 1. The lowest BCUT2D eigenvalue weighted by Crippen LogP contribution is -2.64. The summed E-state index contributed by atoms with van der Waals surface area (Å²) < 4.78 is 5.51. The van der Waals surface area contributed by atoms with Crippen LogP contribution in [-0.2, 0) is 30.5 Å². The number of carbonyl (C=O) groups is 4. The Bertz CT molecular complexity index is 1170. The van der Waals surface area contributed by atoms with E-state index in [2.05, 4.69) is 10.6 Å². The van der Waals surface area contributed by atoms with Crippen LogP contribution in [0.2, 0.25) is 0 Å². The number of nitrogens with one attached hydrogen (secondary N) is 2. The summed E-state index contributed by atoms with van der Waals surface area (Å²) in [5.41, 5.74) is 4.28. The van der Waals surface area contributed by atoms with Gasteiger partial charge in [0, 0.05) is 24.4 Å². The van der Waals surface area contributed by atoms with Crippen molar-refractivity contribution in [2.75, 3.05) is 11.9 Å². The van der Waals surface area contributed by atoms with Gasteiger partial charge in [0.25, 0.3) is 11.6 Å². The minimum atomic E-state index is -2.01. The predicted octanol–water partition coefficient (Wildman–Crippen LogP) is 1.49. The monoisotopic (exact) mass is 511 g/mol. The fourth-order valence-corrected chi connectivity index (χ4v) is 4.04. The second kappa shape index (κ2) is 11.6. The molecule has 1 aliphatic rings. The van der Waals surface area contributed by atoms with E-state index in [0.717, 1.165) is 4.90 Å². The normalized spacial score (nSPS) is 18.4. The number of amides is 3. The minimum Gasteiger partial charge on any atom is -0.459 e. The number of nitrogens with two attached hydrogens (primary N) is 1. The third kappa shape index (κ3) is 6.09. The van der Waals surface area contributed by atoms with Gasteiger partial charge < -0.3 is 26.0 Å². The van der Waals surface area contributed by atoms with Gasteiger partial charge in [-0.15, -0.1) is 0 Å². The molecule has 2 aromatic carbocycles. The second-order valence-electron chi connectivity index (χ2n) is 8.79. The molecule has 2 aromatic rings. The van der Waals surface area contributed by atoms with E-state index < -0.39 is 46.2 Å². The first-order chi connectivity index (χ1) is 17.6. The number of benzene rings is 2. The number of nitro groups is 1. The molecule has 1 aliphatic heterocycles. The number of hydrogen-bond donors (Lipinski definition) is 3. The van der Waals surface area contributed by atoms with Crippen molar-refractivity contribution in [3.8, 4) is 0 Å². The van der Waals surface area contributed by atoms with Crippen LogP contribution in [0.15, 0.2) is 54.6 Å². The molecule has 12 nitrogen and oxygen atoms in total. The Balaban J connectivity index is 1.90. The standard InChI is InChI=1S/C25H29N5O7/c1-16(26)21(31)27-17(2)22(32)29-14-6-13-25(29,24(34)37-15-18-7-4-3-5-8-18)23(33)28-19-9-11-20(12-10-19)30(35)36/h3-5,7-12,16-17H,6,13-15,26H2,1-2H3,(H,27,31)(H,28,33)/t16-,17-,25-/m0/s1. The van der Waals surface area contributed by atoms with E-state index in [1.54, 1.807) is 30.3 Å². The molecule has 1 saturated heterocycles. The van der Waals surface area contributed by atoms with Gasteiger partial charge in [-0.05, 0) is 44.4 Å². The first-order valence-electron chi connectivity index (χ1n) is 11.7. The van der Waals surface area contributed by atoms with E-state index in [-0.39, 0.29) is 30.9 Å². The number of nitrogens with zero attached hydrogens (tertiary/aromatic N) is 2. The zero-order valence-electron chi connectivity index (χ0n) is 20.5. The largest absolute Gasteiger partial charge is 0.459 e. The van der Waals surface area contributed by atoms with Crippen LogP contribution in [0.3, 0.4) is 0 Å². The maximum absolute atomic E-state index is 13.6. The Morgan fingerprint density at radius 1 is 1.11 bits per heavy atom. The quantitative estimate of drug-likeness (QED) is 0.196. The lowest BCUT2D eigenvalue weighted by atomic mass is 9.93. The molecule has 0 unspecified atom stereocenters. The number of hydrogen-bond acceptors (Lipinski definition) is 8. The van der Waals surface area contributed by atoms with Crippen molar-refractivity contribution in [2.45, 2.75) is 50.9 Å². The van der Waals surface area contributed by atoms with E-state index in [9.17, 15) is 29.3 Å². The number of likely N-dealkylation sites (tertiary alicyclic amines) is 1. The van der Waals surface area contributed by atoms with Crippen LogP contribution in [-0.4, -0.2) is 57.7 Å². The number of ether oxygens (including phenoxy) is 1. The van der Waals surface area contributed by atoms with E-state index in [1.807, 2.05) is 0 Å². The van der Waals surface area contributed by atoms with Crippen LogP contribution in [0.5, 0.6) is 0 Å². The van der Waals surface area contributed by atoms with Crippen molar-refractivity contribution >= 4 is 35.1 Å². The maximum atomic E-state index is 13.6. The number of carbonyl (C=O) groups excluding carboxylic acids is 4. The molecule has 0 spiro atoms. The first-order valence-corrected chi connectivity index (χ1v) is 11.7. The fourth-order valence-electron chi connectivity index (χ4n) is 4.04. The maximum Gasteiger partial charge on any atom is 0.342 e. The van der Waals surface area contributed by atoms with Gasteiger partial charge in [0.1, 0.15) is 12.6 Å². The number of non-ortho nitro benzene ring substituents is 1. The Kier molecular flexibility index (Phi) is 8.56.